The average molecular weight is 356 g/mol. The van der Waals surface area contributed by atoms with Crippen LogP contribution in [0.3, 0.4) is 0 Å². The first-order valence-electron chi connectivity index (χ1n) is 8.86. The van der Waals surface area contributed by atoms with Gasteiger partial charge in [-0.15, -0.1) is 0 Å². The first kappa shape index (κ1) is 19.6. The monoisotopic (exact) mass is 356 g/mol. The maximum atomic E-state index is 13.2. The van der Waals surface area contributed by atoms with E-state index in [1.165, 1.54) is 12.1 Å². The van der Waals surface area contributed by atoms with E-state index in [2.05, 4.69) is 5.32 Å². The van der Waals surface area contributed by atoms with Gasteiger partial charge in [0.05, 0.1) is 6.42 Å². The van der Waals surface area contributed by atoms with Crippen LogP contribution in [0.5, 0.6) is 0 Å². The third-order valence-corrected chi connectivity index (χ3v) is 4.18. The molecule has 0 radical (unpaired) electrons. The summed E-state index contributed by atoms with van der Waals surface area (Å²) in [6.45, 7) is 4.52. The van der Waals surface area contributed by atoms with Gasteiger partial charge >= 0.3 is 0 Å². The molecule has 26 heavy (non-hydrogen) atoms. The Kier molecular flexibility index (Phi) is 7.33. The van der Waals surface area contributed by atoms with Crippen molar-refractivity contribution in [2.45, 2.75) is 39.3 Å². The van der Waals surface area contributed by atoms with Crippen molar-refractivity contribution in [1.82, 2.24) is 10.2 Å². The summed E-state index contributed by atoms with van der Waals surface area (Å²) in [7, 11) is 0. The Balaban J connectivity index is 2.17. The number of nitrogens with zero attached hydrogens (tertiary/aromatic N) is 1. The first-order chi connectivity index (χ1) is 12.5. The lowest BCUT2D eigenvalue weighted by atomic mass is 10.1. The Bertz CT molecular complexity index is 717. The molecule has 4 nitrogen and oxygen atoms in total. The van der Waals surface area contributed by atoms with E-state index in [0.717, 1.165) is 17.5 Å². The van der Waals surface area contributed by atoms with Crippen LogP contribution in [0, 0.1) is 5.82 Å². The van der Waals surface area contributed by atoms with Crippen molar-refractivity contribution in [1.29, 1.82) is 0 Å². The number of hydrogen-bond acceptors (Lipinski definition) is 2. The third kappa shape index (κ3) is 5.69. The molecule has 2 amide bonds. The molecule has 0 unspecified atom stereocenters. The molecule has 0 fully saturated rings. The van der Waals surface area contributed by atoms with Gasteiger partial charge in [-0.25, -0.2) is 4.39 Å². The molecule has 0 aromatic heterocycles. The van der Waals surface area contributed by atoms with Gasteiger partial charge < -0.3 is 10.2 Å². The molecule has 138 valence electrons. The lowest BCUT2D eigenvalue weighted by molar-refractivity contribution is -0.140. The van der Waals surface area contributed by atoms with Crippen LogP contribution in [-0.2, 0) is 22.6 Å². The van der Waals surface area contributed by atoms with E-state index in [1.54, 1.807) is 24.0 Å². The summed E-state index contributed by atoms with van der Waals surface area (Å²) >= 11 is 0. The Labute approximate surface area is 154 Å². The number of amides is 2. The predicted molar refractivity (Wildman–Crippen MR) is 99.9 cm³/mol. The SMILES string of the molecule is CCCNC(=O)[C@@H](C)N(Cc1ccc(F)cc1)C(=O)Cc1ccccc1. The smallest absolute Gasteiger partial charge is 0.242 e. The molecule has 0 aliphatic carbocycles. The molecule has 0 saturated heterocycles. The lowest BCUT2D eigenvalue weighted by Gasteiger charge is -2.29. The van der Waals surface area contributed by atoms with E-state index in [-0.39, 0.29) is 30.6 Å². The van der Waals surface area contributed by atoms with Crippen molar-refractivity contribution < 1.29 is 14.0 Å². The van der Waals surface area contributed by atoms with Crippen molar-refractivity contribution in [3.05, 3.63) is 71.5 Å². The number of rotatable bonds is 8. The number of nitrogens with one attached hydrogen (secondary N) is 1. The summed E-state index contributed by atoms with van der Waals surface area (Å²) in [5, 5.41) is 2.83. The number of carbonyl (C=O) groups is 2. The minimum Gasteiger partial charge on any atom is -0.354 e. The summed E-state index contributed by atoms with van der Waals surface area (Å²) in [4.78, 5) is 26.8. The number of hydrogen-bond donors (Lipinski definition) is 1. The molecule has 1 atom stereocenters. The minimum atomic E-state index is -0.609. The van der Waals surface area contributed by atoms with E-state index in [4.69, 9.17) is 0 Å². The van der Waals surface area contributed by atoms with Crippen LogP contribution in [0.15, 0.2) is 54.6 Å². The van der Waals surface area contributed by atoms with Crippen molar-refractivity contribution in [3.63, 3.8) is 0 Å². The summed E-state index contributed by atoms with van der Waals surface area (Å²) in [6.07, 6.45) is 1.04. The van der Waals surface area contributed by atoms with Crippen LogP contribution in [0.25, 0.3) is 0 Å². The van der Waals surface area contributed by atoms with Crippen LogP contribution in [-0.4, -0.2) is 29.3 Å². The molecule has 0 aliphatic heterocycles. The number of carbonyl (C=O) groups excluding carboxylic acids is 2. The van der Waals surface area contributed by atoms with E-state index in [0.29, 0.717) is 6.54 Å². The molecule has 2 aromatic rings. The molecular formula is C21H25FN2O2. The maximum Gasteiger partial charge on any atom is 0.242 e. The Hall–Kier alpha value is -2.69. The fourth-order valence-corrected chi connectivity index (χ4v) is 2.64. The fraction of sp³-hybridized carbons (Fsp3) is 0.333. The Morgan fingerprint density at radius 1 is 1.04 bits per heavy atom. The highest BCUT2D eigenvalue weighted by atomic mass is 19.1. The fourth-order valence-electron chi connectivity index (χ4n) is 2.64. The molecule has 0 bridgehead atoms. The number of halogens is 1. The van der Waals surface area contributed by atoms with Gasteiger partial charge in [0.25, 0.3) is 0 Å². The highest BCUT2D eigenvalue weighted by Gasteiger charge is 2.25. The van der Waals surface area contributed by atoms with E-state index in [1.807, 2.05) is 37.3 Å². The van der Waals surface area contributed by atoms with Gasteiger partial charge in [-0.1, -0.05) is 49.4 Å². The quantitative estimate of drug-likeness (QED) is 0.789. The van der Waals surface area contributed by atoms with Crippen molar-refractivity contribution >= 4 is 11.8 Å². The second kappa shape index (κ2) is 9.70. The molecule has 1 N–H and O–H groups in total. The lowest BCUT2D eigenvalue weighted by Crippen LogP contribution is -2.48. The summed E-state index contributed by atoms with van der Waals surface area (Å²) in [5.74, 6) is -0.653. The topological polar surface area (TPSA) is 49.4 Å². The molecule has 0 saturated carbocycles. The van der Waals surface area contributed by atoms with E-state index >= 15 is 0 Å². The van der Waals surface area contributed by atoms with Gasteiger partial charge in [0.2, 0.25) is 11.8 Å². The second-order valence-corrected chi connectivity index (χ2v) is 6.28. The molecule has 2 rings (SSSR count). The highest BCUT2D eigenvalue weighted by molar-refractivity contribution is 5.88. The zero-order valence-corrected chi connectivity index (χ0v) is 15.2. The Morgan fingerprint density at radius 3 is 2.31 bits per heavy atom. The van der Waals surface area contributed by atoms with Gasteiger partial charge in [-0.05, 0) is 36.6 Å². The van der Waals surface area contributed by atoms with Crippen LogP contribution in [0.4, 0.5) is 4.39 Å². The summed E-state index contributed by atoms with van der Waals surface area (Å²) in [5.41, 5.74) is 1.67. The number of benzene rings is 2. The largest absolute Gasteiger partial charge is 0.354 e. The van der Waals surface area contributed by atoms with Gasteiger partial charge in [-0.2, -0.15) is 0 Å². The van der Waals surface area contributed by atoms with Gasteiger partial charge in [0, 0.05) is 13.1 Å². The van der Waals surface area contributed by atoms with E-state index < -0.39 is 6.04 Å². The minimum absolute atomic E-state index is 0.139. The zero-order valence-electron chi connectivity index (χ0n) is 15.2. The van der Waals surface area contributed by atoms with Crippen molar-refractivity contribution in [3.8, 4) is 0 Å². The van der Waals surface area contributed by atoms with Gasteiger partial charge in [0.15, 0.2) is 0 Å². The normalized spacial score (nSPS) is 11.7. The van der Waals surface area contributed by atoms with Crippen LogP contribution in [0.1, 0.15) is 31.4 Å². The molecule has 5 heteroatoms. The molecule has 0 heterocycles. The van der Waals surface area contributed by atoms with Gasteiger partial charge in [0.1, 0.15) is 11.9 Å². The molecular weight excluding hydrogens is 331 g/mol. The second-order valence-electron chi connectivity index (χ2n) is 6.28. The standard InChI is InChI=1S/C21H25FN2O2/c1-3-13-23-21(26)16(2)24(15-18-9-11-19(22)12-10-18)20(25)14-17-7-5-4-6-8-17/h4-12,16H,3,13-15H2,1-2H3,(H,23,26)/t16-/m1/s1. The predicted octanol–water partition coefficient (Wildman–Crippen LogP) is 3.31. The zero-order chi connectivity index (χ0) is 18.9. The maximum absolute atomic E-state index is 13.2. The van der Waals surface area contributed by atoms with E-state index in [9.17, 15) is 14.0 Å². The third-order valence-electron chi connectivity index (χ3n) is 4.18. The highest BCUT2D eigenvalue weighted by Crippen LogP contribution is 2.13. The van der Waals surface area contributed by atoms with Crippen LogP contribution >= 0.6 is 0 Å². The average Bonchev–Trinajstić information content (AvgIpc) is 2.65. The molecule has 2 aromatic carbocycles. The van der Waals surface area contributed by atoms with Crippen LogP contribution < -0.4 is 5.32 Å². The van der Waals surface area contributed by atoms with Crippen LogP contribution in [0.2, 0.25) is 0 Å². The Morgan fingerprint density at radius 2 is 1.69 bits per heavy atom. The van der Waals surface area contributed by atoms with Crippen molar-refractivity contribution in [2.75, 3.05) is 6.54 Å². The summed E-state index contributed by atoms with van der Waals surface area (Å²) < 4.78 is 13.2. The van der Waals surface area contributed by atoms with Gasteiger partial charge in [-0.3, -0.25) is 9.59 Å². The summed E-state index contributed by atoms with van der Waals surface area (Å²) in [6, 6.07) is 14.8. The molecule has 0 spiro atoms. The van der Waals surface area contributed by atoms with Crippen molar-refractivity contribution in [2.24, 2.45) is 0 Å². The molecule has 0 aliphatic rings. The first-order valence-corrected chi connectivity index (χ1v) is 8.86.